The summed E-state index contributed by atoms with van der Waals surface area (Å²) in [5.74, 6) is 1.31. The molecule has 1 saturated heterocycles. The lowest BCUT2D eigenvalue weighted by Gasteiger charge is -2.37. The van der Waals surface area contributed by atoms with Crippen LogP contribution in [0.2, 0.25) is 0 Å². The Balaban J connectivity index is 1.16. The maximum atomic E-state index is 13.1. The molecule has 1 aliphatic heterocycles. The Kier molecular flexibility index (Phi) is 11.8. The molecule has 3 heterocycles. The largest absolute Gasteiger partial charge is 0.497 e. The quantitative estimate of drug-likeness (QED) is 0.114. The van der Waals surface area contributed by atoms with Gasteiger partial charge in [0.2, 0.25) is 0 Å². The number of ether oxygens (including phenoxy) is 6. The molecule has 0 unspecified atom stereocenters. The average molecular weight is 786 g/mol. The molecule has 2 aliphatic rings. The number of methoxy groups -OCH3 is 3. The number of benzene rings is 4. The molecule has 0 spiro atoms. The van der Waals surface area contributed by atoms with Crippen molar-refractivity contribution >= 4 is 22.9 Å². The Bertz CT molecular complexity index is 2230. The van der Waals surface area contributed by atoms with E-state index >= 15 is 0 Å². The third-order valence-corrected chi connectivity index (χ3v) is 11.1. The highest BCUT2D eigenvalue weighted by Crippen LogP contribution is 2.44. The van der Waals surface area contributed by atoms with Crippen molar-refractivity contribution in [3.05, 3.63) is 144 Å². The van der Waals surface area contributed by atoms with Crippen LogP contribution >= 0.6 is 0 Å². The molecule has 8 rings (SSSR count). The van der Waals surface area contributed by atoms with Crippen LogP contribution in [0.15, 0.2) is 122 Å². The van der Waals surface area contributed by atoms with Gasteiger partial charge in [0.05, 0.1) is 39.4 Å². The normalized spacial score (nSPS) is 22.1. The molecule has 13 nitrogen and oxygen atoms in total. The van der Waals surface area contributed by atoms with Crippen molar-refractivity contribution in [2.45, 2.75) is 68.0 Å². The molecule has 6 aromatic rings. The van der Waals surface area contributed by atoms with Gasteiger partial charge in [0, 0.05) is 12.7 Å². The van der Waals surface area contributed by atoms with Gasteiger partial charge in [0.1, 0.15) is 41.7 Å². The van der Waals surface area contributed by atoms with Gasteiger partial charge < -0.3 is 38.8 Å². The molecule has 1 amide bonds. The van der Waals surface area contributed by atoms with Crippen molar-refractivity contribution < 1.29 is 38.3 Å². The van der Waals surface area contributed by atoms with E-state index in [0.717, 1.165) is 42.4 Å². The molecule has 2 N–H and O–H groups in total. The van der Waals surface area contributed by atoms with E-state index in [4.69, 9.17) is 28.4 Å². The predicted molar refractivity (Wildman–Crippen MR) is 216 cm³/mol. The number of aliphatic hydroxyl groups excluding tert-OH is 1. The number of carbonyl (C=O) groups excluding carboxylic acids is 1. The first-order valence-electron chi connectivity index (χ1n) is 19.5. The summed E-state index contributed by atoms with van der Waals surface area (Å²) in [6.07, 6.45) is 2.38. The Morgan fingerprint density at radius 2 is 1.40 bits per heavy atom. The van der Waals surface area contributed by atoms with Crippen LogP contribution in [0.3, 0.4) is 0 Å². The molecule has 13 heteroatoms. The molecule has 2 aromatic heterocycles. The summed E-state index contributed by atoms with van der Waals surface area (Å²) >= 11 is 0. The first-order valence-corrected chi connectivity index (χ1v) is 19.5. The van der Waals surface area contributed by atoms with Gasteiger partial charge in [-0.15, -0.1) is 0 Å². The Morgan fingerprint density at radius 1 is 0.793 bits per heavy atom. The standard InChI is InChI=1S/C45H47N5O8/c1-53-33-22-18-31(19-23-33)45(30-14-8-5-9-15-30,32-20-24-34(54-2)25-21-32)56-26-37-39(51)40(57-36-17-11-10-16-35(36)55-3)44(58-37)50-28-48-38-41(46-27-47-42(38)50)49-43(52)29-12-6-4-7-13-29/h4-9,12-15,18-25,27-28,35-37,39-40,44,51H,10-11,16-17,26H2,1-3H3,(H,46,47,49,52)/t35-,36-,37-,39-,40-,44-/m1/s1. The molecule has 0 radical (unpaired) electrons. The van der Waals surface area contributed by atoms with Crippen LogP contribution in [0.25, 0.3) is 11.2 Å². The van der Waals surface area contributed by atoms with E-state index in [2.05, 4.69) is 20.3 Å². The number of nitrogens with zero attached hydrogens (tertiary/aromatic N) is 4. The van der Waals surface area contributed by atoms with Gasteiger partial charge in [0.15, 0.2) is 23.2 Å². The van der Waals surface area contributed by atoms with E-state index in [0.29, 0.717) is 28.2 Å². The van der Waals surface area contributed by atoms with E-state index < -0.39 is 30.1 Å². The Hall–Kier alpha value is -5.70. The number of hydrogen-bond acceptors (Lipinski definition) is 11. The van der Waals surface area contributed by atoms with E-state index in [9.17, 15) is 9.90 Å². The van der Waals surface area contributed by atoms with Crippen LogP contribution in [-0.4, -0.2) is 89.0 Å². The summed E-state index contributed by atoms with van der Waals surface area (Å²) in [6, 6.07) is 34.4. The lowest BCUT2D eigenvalue weighted by atomic mass is 9.80. The molecular weight excluding hydrogens is 739 g/mol. The summed E-state index contributed by atoms with van der Waals surface area (Å²) in [7, 11) is 4.95. The molecule has 2 fully saturated rings. The predicted octanol–water partition coefficient (Wildman–Crippen LogP) is 6.71. The SMILES string of the molecule is COc1ccc(C(OC[C@H]2O[C@@H](n3cnc4c(NC(=O)c5ccccc5)ncnc43)[C@H](O[C@@H]3CCCC[C@H]3OC)[C@@H]2O)(c2ccccc2)c2ccc(OC)cc2)cc1. The van der Waals surface area contributed by atoms with Crippen LogP contribution in [0.4, 0.5) is 5.82 Å². The topological polar surface area (TPSA) is 148 Å². The van der Waals surface area contributed by atoms with Crippen LogP contribution in [-0.2, 0) is 24.5 Å². The zero-order valence-electron chi connectivity index (χ0n) is 32.6. The number of carbonyl (C=O) groups is 1. The van der Waals surface area contributed by atoms with E-state index in [1.807, 2.05) is 84.9 Å². The Morgan fingerprint density at radius 3 is 2.02 bits per heavy atom. The molecule has 0 bridgehead atoms. The van der Waals surface area contributed by atoms with Crippen LogP contribution in [0.5, 0.6) is 11.5 Å². The van der Waals surface area contributed by atoms with Gasteiger partial charge in [0.25, 0.3) is 5.91 Å². The molecule has 300 valence electrons. The van der Waals surface area contributed by atoms with Crippen molar-refractivity contribution in [1.29, 1.82) is 0 Å². The summed E-state index contributed by atoms with van der Waals surface area (Å²) in [5.41, 5.74) is 2.63. The summed E-state index contributed by atoms with van der Waals surface area (Å²) in [6.45, 7) is -0.0388. The first kappa shape index (κ1) is 39.1. The van der Waals surface area contributed by atoms with E-state index in [-0.39, 0.29) is 30.5 Å². The fourth-order valence-corrected chi connectivity index (χ4v) is 8.10. The number of hydrogen-bond donors (Lipinski definition) is 2. The second-order valence-electron chi connectivity index (χ2n) is 14.4. The summed E-state index contributed by atoms with van der Waals surface area (Å²) in [5, 5.41) is 15.2. The van der Waals surface area contributed by atoms with Crippen molar-refractivity contribution in [3.8, 4) is 11.5 Å². The van der Waals surface area contributed by atoms with Gasteiger partial charge in [-0.3, -0.25) is 9.36 Å². The highest BCUT2D eigenvalue weighted by Gasteiger charge is 2.50. The van der Waals surface area contributed by atoms with Crippen molar-refractivity contribution in [3.63, 3.8) is 0 Å². The number of fused-ring (bicyclic) bond motifs is 1. The Labute approximate surface area is 336 Å². The fraction of sp³-hybridized carbons (Fsp3) is 0.333. The zero-order chi connectivity index (χ0) is 40.1. The van der Waals surface area contributed by atoms with E-state index in [1.165, 1.54) is 6.33 Å². The van der Waals surface area contributed by atoms with Crippen LogP contribution < -0.4 is 14.8 Å². The number of anilines is 1. The number of nitrogens with one attached hydrogen (secondary N) is 1. The highest BCUT2D eigenvalue weighted by molar-refractivity contribution is 6.06. The molecule has 6 atom stereocenters. The van der Waals surface area contributed by atoms with Gasteiger partial charge in [-0.2, -0.15) is 0 Å². The van der Waals surface area contributed by atoms with Gasteiger partial charge in [-0.05, 0) is 65.9 Å². The minimum absolute atomic E-state index is 0.0388. The van der Waals surface area contributed by atoms with Crippen LogP contribution in [0, 0.1) is 0 Å². The molecule has 4 aromatic carbocycles. The van der Waals surface area contributed by atoms with Gasteiger partial charge in [-0.25, -0.2) is 15.0 Å². The molecule has 58 heavy (non-hydrogen) atoms. The fourth-order valence-electron chi connectivity index (χ4n) is 8.10. The second-order valence-corrected chi connectivity index (χ2v) is 14.4. The first-order chi connectivity index (χ1) is 28.4. The zero-order valence-corrected chi connectivity index (χ0v) is 32.6. The molecular formula is C45H47N5O8. The van der Waals surface area contributed by atoms with Gasteiger partial charge in [-0.1, -0.05) is 85.6 Å². The smallest absolute Gasteiger partial charge is 0.256 e. The third kappa shape index (κ3) is 7.66. The number of aromatic nitrogens is 4. The lowest BCUT2D eigenvalue weighted by Crippen LogP contribution is -2.44. The van der Waals surface area contributed by atoms with Crippen molar-refractivity contribution in [2.24, 2.45) is 0 Å². The second kappa shape index (κ2) is 17.4. The third-order valence-electron chi connectivity index (χ3n) is 11.1. The minimum Gasteiger partial charge on any atom is -0.497 e. The number of amides is 1. The van der Waals surface area contributed by atoms with Crippen LogP contribution in [0.1, 0.15) is 59.0 Å². The number of rotatable bonds is 14. The molecule has 1 aliphatic carbocycles. The van der Waals surface area contributed by atoms with Gasteiger partial charge >= 0.3 is 0 Å². The minimum atomic E-state index is -1.15. The number of aliphatic hydroxyl groups is 1. The maximum Gasteiger partial charge on any atom is 0.256 e. The monoisotopic (exact) mass is 785 g/mol. The summed E-state index contributed by atoms with van der Waals surface area (Å²) in [4.78, 5) is 26.7. The van der Waals surface area contributed by atoms with Crippen molar-refractivity contribution in [1.82, 2.24) is 19.5 Å². The average Bonchev–Trinajstić information content (AvgIpc) is 3.85. The van der Waals surface area contributed by atoms with E-state index in [1.54, 1.807) is 56.5 Å². The molecule has 1 saturated carbocycles. The number of imidazole rings is 1. The van der Waals surface area contributed by atoms with Crippen molar-refractivity contribution in [2.75, 3.05) is 33.3 Å². The maximum absolute atomic E-state index is 13.1. The highest BCUT2D eigenvalue weighted by atomic mass is 16.6. The summed E-state index contributed by atoms with van der Waals surface area (Å²) < 4.78 is 39.5. The lowest BCUT2D eigenvalue weighted by molar-refractivity contribution is -0.149.